The van der Waals surface area contributed by atoms with Crippen LogP contribution in [0.15, 0.2) is 18.2 Å². The summed E-state index contributed by atoms with van der Waals surface area (Å²) in [4.78, 5) is 0. The van der Waals surface area contributed by atoms with Crippen molar-refractivity contribution in [1.29, 1.82) is 0 Å². The predicted molar refractivity (Wildman–Crippen MR) is 60.3 cm³/mol. The number of rotatable bonds is 1. The summed E-state index contributed by atoms with van der Waals surface area (Å²) in [6.07, 6.45) is 0.760. The van der Waals surface area contributed by atoms with Crippen LogP contribution in [0.4, 0.5) is 0 Å². The van der Waals surface area contributed by atoms with E-state index in [-0.39, 0.29) is 12.4 Å². The van der Waals surface area contributed by atoms with Crippen molar-refractivity contribution in [3.8, 4) is 0 Å². The molecule has 0 aliphatic carbocycles. The monoisotopic (exact) mass is 246 g/mol. The molecule has 0 amide bonds. The Balaban J connectivity index is 2.21. The van der Waals surface area contributed by atoms with Crippen LogP contribution < -0.4 is 0 Å². The zero-order valence-electron chi connectivity index (χ0n) is 8.37. The summed E-state index contributed by atoms with van der Waals surface area (Å²) in [5, 5.41) is 1.20. The highest BCUT2D eigenvalue weighted by atomic mass is 35.5. The normalized spacial score (nSPS) is 26.6. The van der Waals surface area contributed by atoms with Crippen LogP contribution >= 0.6 is 23.2 Å². The Morgan fingerprint density at radius 1 is 1.33 bits per heavy atom. The number of benzene rings is 1. The first-order valence-corrected chi connectivity index (χ1v) is 5.64. The van der Waals surface area contributed by atoms with Crippen LogP contribution in [0.5, 0.6) is 0 Å². The third-order valence-corrected chi connectivity index (χ3v) is 2.93. The molecule has 1 fully saturated rings. The average Bonchev–Trinajstić information content (AvgIpc) is 2.17. The van der Waals surface area contributed by atoms with Crippen molar-refractivity contribution in [2.45, 2.75) is 25.7 Å². The second-order valence-electron chi connectivity index (χ2n) is 3.60. The second kappa shape index (κ2) is 4.71. The van der Waals surface area contributed by atoms with E-state index in [1.807, 2.05) is 13.0 Å². The highest BCUT2D eigenvalue weighted by Gasteiger charge is 2.23. The number of hydrogen-bond acceptors (Lipinski definition) is 2. The topological polar surface area (TPSA) is 18.5 Å². The van der Waals surface area contributed by atoms with Gasteiger partial charge in [0, 0.05) is 10.6 Å². The zero-order chi connectivity index (χ0) is 10.8. The molecule has 0 bridgehead atoms. The Morgan fingerprint density at radius 2 is 2.13 bits per heavy atom. The molecule has 2 atom stereocenters. The van der Waals surface area contributed by atoms with Gasteiger partial charge in [0.05, 0.1) is 17.7 Å². The molecule has 0 radical (unpaired) electrons. The summed E-state index contributed by atoms with van der Waals surface area (Å²) in [7, 11) is 0. The minimum atomic E-state index is -0.362. The molecule has 1 aliphatic heterocycles. The minimum Gasteiger partial charge on any atom is -0.348 e. The van der Waals surface area contributed by atoms with Gasteiger partial charge in [0.15, 0.2) is 6.29 Å². The van der Waals surface area contributed by atoms with Crippen LogP contribution in [0.2, 0.25) is 10.0 Å². The highest BCUT2D eigenvalue weighted by Crippen LogP contribution is 2.32. The van der Waals surface area contributed by atoms with Gasteiger partial charge in [-0.1, -0.05) is 29.3 Å². The van der Waals surface area contributed by atoms with Gasteiger partial charge in [-0.3, -0.25) is 0 Å². The smallest absolute Gasteiger partial charge is 0.185 e. The Labute approximate surface area is 99.1 Å². The van der Waals surface area contributed by atoms with E-state index in [1.54, 1.807) is 12.1 Å². The van der Waals surface area contributed by atoms with Crippen LogP contribution in [0, 0.1) is 0 Å². The van der Waals surface area contributed by atoms with Crippen molar-refractivity contribution in [3.05, 3.63) is 33.8 Å². The average molecular weight is 247 g/mol. The zero-order valence-corrected chi connectivity index (χ0v) is 9.89. The lowest BCUT2D eigenvalue weighted by Gasteiger charge is -2.28. The van der Waals surface area contributed by atoms with Gasteiger partial charge >= 0.3 is 0 Å². The number of hydrogen-bond donors (Lipinski definition) is 0. The van der Waals surface area contributed by atoms with E-state index >= 15 is 0 Å². The van der Waals surface area contributed by atoms with Crippen LogP contribution in [0.25, 0.3) is 0 Å². The van der Waals surface area contributed by atoms with Gasteiger partial charge < -0.3 is 9.47 Å². The van der Waals surface area contributed by atoms with Gasteiger partial charge in [0.25, 0.3) is 0 Å². The maximum Gasteiger partial charge on any atom is 0.185 e. The molecule has 0 saturated carbocycles. The van der Waals surface area contributed by atoms with Crippen molar-refractivity contribution in [2.75, 3.05) is 6.61 Å². The first-order valence-electron chi connectivity index (χ1n) is 4.89. The fourth-order valence-electron chi connectivity index (χ4n) is 1.52. The molecule has 0 N–H and O–H groups in total. The van der Waals surface area contributed by atoms with Crippen molar-refractivity contribution < 1.29 is 9.47 Å². The van der Waals surface area contributed by atoms with E-state index in [4.69, 9.17) is 32.7 Å². The molecular formula is C11H12Cl2O2. The molecule has 0 unspecified atom stereocenters. The lowest BCUT2D eigenvalue weighted by molar-refractivity contribution is -0.212. The van der Waals surface area contributed by atoms with Crippen LogP contribution in [-0.2, 0) is 9.47 Å². The fraction of sp³-hybridized carbons (Fsp3) is 0.455. The first kappa shape index (κ1) is 11.2. The van der Waals surface area contributed by atoms with Gasteiger partial charge in [-0.2, -0.15) is 0 Å². The Hall–Kier alpha value is -0.280. The molecule has 2 rings (SSSR count). The molecule has 1 aromatic carbocycles. The van der Waals surface area contributed by atoms with Gasteiger partial charge in [0.1, 0.15) is 0 Å². The van der Waals surface area contributed by atoms with Crippen molar-refractivity contribution in [1.82, 2.24) is 0 Å². The quantitative estimate of drug-likeness (QED) is 0.751. The van der Waals surface area contributed by atoms with Crippen molar-refractivity contribution in [3.63, 3.8) is 0 Å². The maximum absolute atomic E-state index is 6.07. The van der Waals surface area contributed by atoms with E-state index in [1.165, 1.54) is 0 Å². The van der Waals surface area contributed by atoms with Gasteiger partial charge in [-0.05, 0) is 25.5 Å². The van der Waals surface area contributed by atoms with Crippen molar-refractivity contribution in [2.24, 2.45) is 0 Å². The molecule has 82 valence electrons. The van der Waals surface area contributed by atoms with E-state index in [2.05, 4.69) is 0 Å². The number of ether oxygens (including phenoxy) is 2. The Morgan fingerprint density at radius 3 is 2.80 bits per heavy atom. The van der Waals surface area contributed by atoms with Gasteiger partial charge in [-0.25, -0.2) is 0 Å². The Bertz CT molecular complexity index is 354. The molecule has 1 heterocycles. The molecule has 15 heavy (non-hydrogen) atoms. The molecule has 4 heteroatoms. The summed E-state index contributed by atoms with van der Waals surface area (Å²) in [6, 6.07) is 5.33. The minimum absolute atomic E-state index is 0.204. The lowest BCUT2D eigenvalue weighted by atomic mass is 10.2. The summed E-state index contributed by atoms with van der Waals surface area (Å²) in [6.45, 7) is 2.73. The van der Waals surface area contributed by atoms with E-state index in [0.29, 0.717) is 16.7 Å². The van der Waals surface area contributed by atoms with Crippen molar-refractivity contribution >= 4 is 23.2 Å². The molecule has 1 aliphatic rings. The predicted octanol–water partition coefficient (Wildman–Crippen LogP) is 3.82. The fourth-order valence-corrected chi connectivity index (χ4v) is 2.01. The van der Waals surface area contributed by atoms with Crippen LogP contribution in [-0.4, -0.2) is 12.7 Å². The third-order valence-electron chi connectivity index (χ3n) is 2.37. The summed E-state index contributed by atoms with van der Waals surface area (Å²) >= 11 is 11.9. The molecule has 2 nitrogen and oxygen atoms in total. The molecule has 0 spiro atoms. The van der Waals surface area contributed by atoms with Crippen LogP contribution in [0.3, 0.4) is 0 Å². The largest absolute Gasteiger partial charge is 0.348 e. The van der Waals surface area contributed by atoms with E-state index in [9.17, 15) is 0 Å². The third kappa shape index (κ3) is 2.64. The maximum atomic E-state index is 6.07. The first-order chi connectivity index (χ1) is 7.16. The standard InChI is InChI=1S/C11H12Cl2O2/c1-7-4-5-14-11(15-7)9-3-2-8(12)6-10(9)13/h2-3,6-7,11H,4-5H2,1H3/t7-,11+/m1/s1. The highest BCUT2D eigenvalue weighted by molar-refractivity contribution is 6.35. The molecule has 1 saturated heterocycles. The van der Waals surface area contributed by atoms with Gasteiger partial charge in [0.2, 0.25) is 0 Å². The van der Waals surface area contributed by atoms with Crippen LogP contribution in [0.1, 0.15) is 25.2 Å². The molecule has 1 aromatic rings. The van der Waals surface area contributed by atoms with E-state index < -0.39 is 0 Å². The second-order valence-corrected chi connectivity index (χ2v) is 4.45. The lowest BCUT2D eigenvalue weighted by Crippen LogP contribution is -2.24. The number of halogens is 2. The molecular weight excluding hydrogens is 235 g/mol. The molecule has 0 aromatic heterocycles. The summed E-state index contributed by atoms with van der Waals surface area (Å²) in [5.41, 5.74) is 0.840. The van der Waals surface area contributed by atoms with E-state index in [0.717, 1.165) is 12.0 Å². The summed E-state index contributed by atoms with van der Waals surface area (Å²) < 4.78 is 11.1. The SMILES string of the molecule is C[C@@H]1CCO[C@H](c2ccc(Cl)cc2Cl)O1. The summed E-state index contributed by atoms with van der Waals surface area (Å²) in [5.74, 6) is 0. The Kier molecular flexibility index (Phi) is 3.52. The van der Waals surface area contributed by atoms with Gasteiger partial charge in [-0.15, -0.1) is 0 Å².